The van der Waals surface area contributed by atoms with E-state index in [1.54, 1.807) is 11.0 Å². The van der Waals surface area contributed by atoms with Gasteiger partial charge >= 0.3 is 0 Å². The quantitative estimate of drug-likeness (QED) is 0.693. The van der Waals surface area contributed by atoms with Gasteiger partial charge in [-0.05, 0) is 43.2 Å². The largest absolute Gasteiger partial charge is 0.490 e. The van der Waals surface area contributed by atoms with Crippen LogP contribution in [0, 0.1) is 13.8 Å². The van der Waals surface area contributed by atoms with Crippen LogP contribution in [0.5, 0.6) is 5.75 Å². The van der Waals surface area contributed by atoms with E-state index in [-0.39, 0.29) is 21.9 Å². The van der Waals surface area contributed by atoms with Crippen molar-refractivity contribution in [3.05, 3.63) is 58.1 Å². The van der Waals surface area contributed by atoms with E-state index in [9.17, 15) is 13.2 Å². The van der Waals surface area contributed by atoms with Crippen molar-refractivity contribution in [2.45, 2.75) is 37.7 Å². The van der Waals surface area contributed by atoms with Gasteiger partial charge in [-0.2, -0.15) is 0 Å². The summed E-state index contributed by atoms with van der Waals surface area (Å²) in [6, 6.07) is 10.5. The number of likely N-dealkylation sites (tertiary alicyclic amines) is 1. The summed E-state index contributed by atoms with van der Waals surface area (Å²) in [5, 5.41) is 0.0981. The van der Waals surface area contributed by atoms with E-state index in [4.69, 9.17) is 16.3 Å². The molecule has 1 aliphatic heterocycles. The molecule has 0 unspecified atom stereocenters. The zero-order valence-electron chi connectivity index (χ0n) is 17.7. The molecule has 0 N–H and O–H groups in total. The molecular formula is C22H27ClN2O4S. The normalized spacial score (nSPS) is 15.5. The Morgan fingerprint density at radius 2 is 1.70 bits per heavy atom. The number of benzene rings is 2. The number of piperidine rings is 1. The second kappa shape index (κ2) is 8.96. The first-order chi connectivity index (χ1) is 14.1. The van der Waals surface area contributed by atoms with E-state index in [2.05, 4.69) is 0 Å². The fourth-order valence-electron chi connectivity index (χ4n) is 3.54. The van der Waals surface area contributed by atoms with E-state index < -0.39 is 10.0 Å². The molecule has 1 amide bonds. The van der Waals surface area contributed by atoms with Gasteiger partial charge in [-0.1, -0.05) is 29.8 Å². The zero-order valence-corrected chi connectivity index (χ0v) is 19.3. The van der Waals surface area contributed by atoms with Crippen molar-refractivity contribution in [2.24, 2.45) is 0 Å². The van der Waals surface area contributed by atoms with Crippen molar-refractivity contribution in [1.29, 1.82) is 0 Å². The first-order valence-electron chi connectivity index (χ1n) is 9.85. The molecule has 0 spiro atoms. The molecular weight excluding hydrogens is 424 g/mol. The molecule has 30 heavy (non-hydrogen) atoms. The van der Waals surface area contributed by atoms with Crippen LogP contribution in [0.1, 0.15) is 34.3 Å². The van der Waals surface area contributed by atoms with Crippen molar-refractivity contribution in [3.63, 3.8) is 0 Å². The molecule has 2 aromatic rings. The number of para-hydroxylation sites is 1. The highest BCUT2D eigenvalue weighted by molar-refractivity contribution is 7.89. The summed E-state index contributed by atoms with van der Waals surface area (Å²) < 4.78 is 32.2. The van der Waals surface area contributed by atoms with Crippen molar-refractivity contribution >= 4 is 27.5 Å². The molecule has 0 atom stereocenters. The summed E-state index contributed by atoms with van der Waals surface area (Å²) in [7, 11) is -0.872. The van der Waals surface area contributed by atoms with Gasteiger partial charge < -0.3 is 9.64 Å². The van der Waals surface area contributed by atoms with Crippen molar-refractivity contribution < 1.29 is 17.9 Å². The van der Waals surface area contributed by atoms with Gasteiger partial charge in [0.25, 0.3) is 5.91 Å². The molecule has 8 heteroatoms. The first kappa shape index (κ1) is 22.6. The standard InChI is InChI=1S/C22H27ClN2O4S/c1-15-6-5-7-16(2)21(15)29-18-10-12-25(13-11-18)22(26)17-8-9-19(23)20(14-17)30(27,28)24(3)4/h5-9,14,18H,10-13H2,1-4H3. The van der Waals surface area contributed by atoms with E-state index in [1.807, 2.05) is 32.0 Å². The number of rotatable bonds is 5. The third kappa shape index (κ3) is 4.63. The number of halogens is 1. The van der Waals surface area contributed by atoms with Crippen molar-refractivity contribution in [1.82, 2.24) is 9.21 Å². The van der Waals surface area contributed by atoms with Gasteiger partial charge in [0.2, 0.25) is 10.0 Å². The van der Waals surface area contributed by atoms with Crippen LogP contribution in [0.4, 0.5) is 0 Å². The highest BCUT2D eigenvalue weighted by Crippen LogP contribution is 2.28. The lowest BCUT2D eigenvalue weighted by Gasteiger charge is -2.33. The molecule has 6 nitrogen and oxygen atoms in total. The summed E-state index contributed by atoms with van der Waals surface area (Å²) in [5.74, 6) is 0.714. The minimum atomic E-state index is -3.74. The van der Waals surface area contributed by atoms with Crippen LogP contribution >= 0.6 is 11.6 Å². The molecule has 1 heterocycles. The molecule has 0 saturated carbocycles. The van der Waals surface area contributed by atoms with Crippen LogP contribution in [0.15, 0.2) is 41.3 Å². The number of carbonyl (C=O) groups is 1. The molecule has 2 aromatic carbocycles. The van der Waals surface area contributed by atoms with Crippen LogP contribution in [-0.2, 0) is 10.0 Å². The lowest BCUT2D eigenvalue weighted by atomic mass is 10.1. The number of carbonyl (C=O) groups excluding carboxylic acids is 1. The van der Waals surface area contributed by atoms with Gasteiger partial charge in [0.05, 0.1) is 5.02 Å². The van der Waals surface area contributed by atoms with Gasteiger partial charge in [-0.3, -0.25) is 4.79 Å². The van der Waals surface area contributed by atoms with Crippen LogP contribution in [0.25, 0.3) is 0 Å². The minimum absolute atomic E-state index is 0.0451. The Labute approximate surface area is 183 Å². The third-order valence-corrected chi connectivity index (χ3v) is 7.66. The fourth-order valence-corrected chi connectivity index (χ4v) is 4.94. The van der Waals surface area contributed by atoms with E-state index in [0.29, 0.717) is 18.7 Å². The number of hydrogen-bond donors (Lipinski definition) is 0. The first-order valence-corrected chi connectivity index (χ1v) is 11.7. The number of nitrogens with zero attached hydrogens (tertiary/aromatic N) is 2. The molecule has 0 radical (unpaired) electrons. The van der Waals surface area contributed by atoms with Crippen LogP contribution in [0.2, 0.25) is 5.02 Å². The van der Waals surface area contributed by atoms with Crippen LogP contribution in [0.3, 0.4) is 0 Å². The Kier molecular flexibility index (Phi) is 6.75. The van der Waals surface area contributed by atoms with Gasteiger partial charge in [0.15, 0.2) is 0 Å². The van der Waals surface area contributed by atoms with E-state index in [0.717, 1.165) is 34.0 Å². The SMILES string of the molecule is Cc1cccc(C)c1OC1CCN(C(=O)c2ccc(Cl)c(S(=O)(=O)N(C)C)c2)CC1. The topological polar surface area (TPSA) is 66.9 Å². The molecule has 3 rings (SSSR count). The lowest BCUT2D eigenvalue weighted by molar-refractivity contribution is 0.0593. The Balaban J connectivity index is 1.70. The Morgan fingerprint density at radius 1 is 1.10 bits per heavy atom. The smallest absolute Gasteiger partial charge is 0.253 e. The maximum Gasteiger partial charge on any atom is 0.253 e. The molecule has 1 saturated heterocycles. The highest BCUT2D eigenvalue weighted by Gasteiger charge is 2.27. The average molecular weight is 451 g/mol. The van der Waals surface area contributed by atoms with Crippen LogP contribution in [-0.4, -0.2) is 56.8 Å². The number of amides is 1. The van der Waals surface area contributed by atoms with Crippen molar-refractivity contribution in [2.75, 3.05) is 27.2 Å². The molecule has 0 bridgehead atoms. The van der Waals surface area contributed by atoms with Gasteiger partial charge in [0, 0.05) is 45.6 Å². The minimum Gasteiger partial charge on any atom is -0.490 e. The van der Waals surface area contributed by atoms with Crippen LogP contribution < -0.4 is 4.74 Å². The summed E-state index contributed by atoms with van der Waals surface area (Å²) in [4.78, 5) is 14.6. The summed E-state index contributed by atoms with van der Waals surface area (Å²) >= 11 is 6.09. The van der Waals surface area contributed by atoms with Crippen molar-refractivity contribution in [3.8, 4) is 5.75 Å². The molecule has 162 valence electrons. The van der Waals surface area contributed by atoms with Gasteiger partial charge in [0.1, 0.15) is 16.7 Å². The number of aryl methyl sites for hydroxylation is 2. The Bertz CT molecular complexity index is 1020. The second-order valence-corrected chi connectivity index (χ2v) is 10.3. The predicted octanol–water partition coefficient (Wildman–Crippen LogP) is 3.89. The maximum absolute atomic E-state index is 13.0. The van der Waals surface area contributed by atoms with E-state index >= 15 is 0 Å². The van der Waals surface area contributed by atoms with Gasteiger partial charge in [-0.25, -0.2) is 12.7 Å². The van der Waals surface area contributed by atoms with E-state index in [1.165, 1.54) is 26.2 Å². The second-order valence-electron chi connectivity index (χ2n) is 7.76. The summed E-state index contributed by atoms with van der Waals surface area (Å²) in [6.07, 6.45) is 1.48. The number of sulfonamides is 1. The molecule has 0 aliphatic carbocycles. The monoisotopic (exact) mass is 450 g/mol. The van der Waals surface area contributed by atoms with Gasteiger partial charge in [-0.15, -0.1) is 0 Å². The molecule has 1 aliphatic rings. The lowest BCUT2D eigenvalue weighted by Crippen LogP contribution is -2.42. The highest BCUT2D eigenvalue weighted by atomic mass is 35.5. The summed E-state index contributed by atoms with van der Waals surface area (Å²) in [6.45, 7) is 5.15. The molecule has 1 fully saturated rings. The average Bonchev–Trinajstić information content (AvgIpc) is 2.71. The maximum atomic E-state index is 13.0. The number of ether oxygens (including phenoxy) is 1. The third-order valence-electron chi connectivity index (χ3n) is 5.36. The summed E-state index contributed by atoms with van der Waals surface area (Å²) in [5.41, 5.74) is 2.52. The zero-order chi connectivity index (χ0) is 22.1. The predicted molar refractivity (Wildman–Crippen MR) is 118 cm³/mol. The fraction of sp³-hybridized carbons (Fsp3) is 0.409. The Morgan fingerprint density at radius 3 is 2.27 bits per heavy atom. The Hall–Kier alpha value is -2.09. The molecule has 0 aromatic heterocycles. The number of hydrogen-bond acceptors (Lipinski definition) is 4.